The van der Waals surface area contributed by atoms with Gasteiger partial charge in [0, 0.05) is 31.6 Å². The highest BCUT2D eigenvalue weighted by atomic mass is 19.4. The Morgan fingerprint density at radius 2 is 2.29 bits per heavy atom. The highest BCUT2D eigenvalue weighted by Gasteiger charge is 2.34. The molecule has 0 aromatic carbocycles. The number of halogens is 3. The summed E-state index contributed by atoms with van der Waals surface area (Å²) in [4.78, 5) is 4.11. The molecule has 5 nitrogen and oxygen atoms in total. The first-order valence-electron chi connectivity index (χ1n) is 6.77. The molecular weight excluding hydrogens is 285 g/mol. The van der Waals surface area contributed by atoms with Gasteiger partial charge in [-0.1, -0.05) is 0 Å². The average Bonchev–Trinajstić information content (AvgIpc) is 2.91. The largest absolute Gasteiger partial charge is 0.435 e. The Morgan fingerprint density at radius 1 is 1.43 bits per heavy atom. The van der Waals surface area contributed by atoms with E-state index in [1.807, 2.05) is 0 Å². The van der Waals surface area contributed by atoms with E-state index in [1.165, 1.54) is 16.9 Å². The Morgan fingerprint density at radius 3 is 3.00 bits per heavy atom. The molecule has 1 aliphatic rings. The van der Waals surface area contributed by atoms with Gasteiger partial charge < -0.3 is 10.1 Å². The molecule has 1 atom stereocenters. The minimum atomic E-state index is -4.46. The van der Waals surface area contributed by atoms with Crippen LogP contribution in [0.3, 0.4) is 0 Å². The van der Waals surface area contributed by atoms with E-state index in [0.29, 0.717) is 30.4 Å². The normalized spacial score (nSPS) is 19.9. The van der Waals surface area contributed by atoms with Gasteiger partial charge in [-0.3, -0.25) is 0 Å². The highest BCUT2D eigenvalue weighted by Crippen LogP contribution is 2.30. The van der Waals surface area contributed by atoms with Crippen molar-refractivity contribution in [2.45, 2.75) is 19.0 Å². The Kier molecular flexibility index (Phi) is 3.71. The van der Waals surface area contributed by atoms with Gasteiger partial charge in [-0.2, -0.15) is 18.3 Å². The third-order valence-corrected chi connectivity index (χ3v) is 3.49. The number of anilines is 1. The number of rotatable bonds is 3. The van der Waals surface area contributed by atoms with Crippen molar-refractivity contribution in [1.82, 2.24) is 14.6 Å². The average molecular weight is 300 g/mol. The van der Waals surface area contributed by atoms with E-state index in [0.717, 1.165) is 25.5 Å². The molecule has 8 heteroatoms. The fourth-order valence-electron chi connectivity index (χ4n) is 2.41. The van der Waals surface area contributed by atoms with Crippen molar-refractivity contribution in [3.05, 3.63) is 24.2 Å². The van der Waals surface area contributed by atoms with Gasteiger partial charge in [-0.15, -0.1) is 0 Å². The fourth-order valence-corrected chi connectivity index (χ4v) is 2.41. The van der Waals surface area contributed by atoms with E-state index in [4.69, 9.17) is 4.74 Å². The third kappa shape index (κ3) is 3.10. The number of hydrogen-bond donors (Lipinski definition) is 1. The number of hydrogen-bond acceptors (Lipinski definition) is 4. The zero-order valence-electron chi connectivity index (χ0n) is 11.2. The van der Waals surface area contributed by atoms with Gasteiger partial charge in [-0.05, 0) is 18.8 Å². The zero-order chi connectivity index (χ0) is 14.9. The number of aromatic nitrogens is 3. The Bertz CT molecular complexity index is 619. The van der Waals surface area contributed by atoms with Crippen molar-refractivity contribution >= 4 is 11.3 Å². The molecule has 2 aromatic rings. The lowest BCUT2D eigenvalue weighted by molar-refractivity contribution is -0.141. The van der Waals surface area contributed by atoms with Gasteiger partial charge in [0.05, 0.1) is 6.61 Å². The predicted octanol–water partition coefficient (Wildman–Crippen LogP) is 2.59. The first kappa shape index (κ1) is 14.1. The van der Waals surface area contributed by atoms with E-state index in [-0.39, 0.29) is 0 Å². The van der Waals surface area contributed by atoms with Gasteiger partial charge in [0.25, 0.3) is 0 Å². The van der Waals surface area contributed by atoms with Crippen LogP contribution >= 0.6 is 0 Å². The maximum Gasteiger partial charge on any atom is 0.435 e. The summed E-state index contributed by atoms with van der Waals surface area (Å²) in [5.41, 5.74) is -0.596. The van der Waals surface area contributed by atoms with Crippen LogP contribution in [0.5, 0.6) is 0 Å². The van der Waals surface area contributed by atoms with Crippen LogP contribution in [0.2, 0.25) is 0 Å². The Hall–Kier alpha value is -1.83. The second-order valence-electron chi connectivity index (χ2n) is 5.10. The van der Waals surface area contributed by atoms with Crippen molar-refractivity contribution < 1.29 is 17.9 Å². The molecule has 1 unspecified atom stereocenters. The second-order valence-corrected chi connectivity index (χ2v) is 5.10. The Labute approximate surface area is 119 Å². The summed E-state index contributed by atoms with van der Waals surface area (Å²) in [6.45, 7) is 2.07. The standard InChI is InChI=1S/C13H15F3N4O/c14-13(15,16)11-6-10-12(17-3-4-20(10)19-11)18-7-9-2-1-5-21-8-9/h3-4,6,9H,1-2,5,7-8H2,(H,17,18). The number of ether oxygens (including phenoxy) is 1. The molecule has 0 saturated carbocycles. The molecule has 3 heterocycles. The first-order chi connectivity index (χ1) is 10.0. The third-order valence-electron chi connectivity index (χ3n) is 3.49. The lowest BCUT2D eigenvalue weighted by Crippen LogP contribution is -2.24. The molecule has 1 saturated heterocycles. The molecule has 1 aliphatic heterocycles. The summed E-state index contributed by atoms with van der Waals surface area (Å²) < 4.78 is 44.7. The van der Waals surface area contributed by atoms with Gasteiger partial charge in [-0.25, -0.2) is 9.50 Å². The molecule has 1 N–H and O–H groups in total. The molecule has 3 rings (SSSR count). The summed E-state index contributed by atoms with van der Waals surface area (Å²) in [7, 11) is 0. The number of fused-ring (bicyclic) bond motifs is 1. The van der Waals surface area contributed by atoms with Gasteiger partial charge >= 0.3 is 6.18 Å². The SMILES string of the molecule is FC(F)(F)c1cc2c(NCC3CCCOC3)nccn2n1. The summed E-state index contributed by atoms with van der Waals surface area (Å²) >= 11 is 0. The molecular formula is C13H15F3N4O. The van der Waals surface area contributed by atoms with Gasteiger partial charge in [0.15, 0.2) is 11.5 Å². The quantitative estimate of drug-likeness (QED) is 0.946. The lowest BCUT2D eigenvalue weighted by Gasteiger charge is -2.22. The minimum absolute atomic E-state index is 0.321. The van der Waals surface area contributed by atoms with Crippen molar-refractivity contribution in [2.24, 2.45) is 5.92 Å². The minimum Gasteiger partial charge on any atom is -0.381 e. The summed E-state index contributed by atoms with van der Waals surface area (Å²) in [6, 6.07) is 1.01. The van der Waals surface area contributed by atoms with E-state index >= 15 is 0 Å². The molecule has 0 bridgehead atoms. The number of nitrogens with zero attached hydrogens (tertiary/aromatic N) is 3. The van der Waals surface area contributed by atoms with E-state index in [9.17, 15) is 13.2 Å². The summed E-state index contributed by atoms with van der Waals surface area (Å²) in [5.74, 6) is 0.761. The molecule has 0 spiro atoms. The smallest absolute Gasteiger partial charge is 0.381 e. The van der Waals surface area contributed by atoms with Gasteiger partial charge in [0.1, 0.15) is 5.52 Å². The molecule has 114 valence electrons. The van der Waals surface area contributed by atoms with Crippen LogP contribution in [0, 0.1) is 5.92 Å². The van der Waals surface area contributed by atoms with E-state index in [1.54, 1.807) is 0 Å². The monoisotopic (exact) mass is 300 g/mol. The van der Waals surface area contributed by atoms with Crippen LogP contribution in [0.25, 0.3) is 5.52 Å². The molecule has 2 aromatic heterocycles. The zero-order valence-corrected chi connectivity index (χ0v) is 11.2. The van der Waals surface area contributed by atoms with Crippen LogP contribution in [-0.2, 0) is 10.9 Å². The molecule has 0 radical (unpaired) electrons. The fraction of sp³-hybridized carbons (Fsp3) is 0.538. The van der Waals surface area contributed by atoms with Crippen molar-refractivity contribution in [1.29, 1.82) is 0 Å². The van der Waals surface area contributed by atoms with Crippen LogP contribution < -0.4 is 5.32 Å². The number of alkyl halides is 3. The maximum atomic E-state index is 12.7. The molecule has 1 fully saturated rings. The van der Waals surface area contributed by atoms with Crippen LogP contribution in [0.4, 0.5) is 19.0 Å². The predicted molar refractivity (Wildman–Crippen MR) is 70.0 cm³/mol. The van der Waals surface area contributed by atoms with Crippen LogP contribution in [-0.4, -0.2) is 34.4 Å². The van der Waals surface area contributed by atoms with E-state index < -0.39 is 11.9 Å². The van der Waals surface area contributed by atoms with Crippen LogP contribution in [0.15, 0.2) is 18.5 Å². The first-order valence-corrected chi connectivity index (χ1v) is 6.77. The van der Waals surface area contributed by atoms with Crippen molar-refractivity contribution in [3.8, 4) is 0 Å². The summed E-state index contributed by atoms with van der Waals surface area (Å²) in [6.07, 6.45) is 0.428. The number of nitrogens with one attached hydrogen (secondary N) is 1. The van der Waals surface area contributed by atoms with E-state index in [2.05, 4.69) is 15.4 Å². The second kappa shape index (κ2) is 5.51. The van der Waals surface area contributed by atoms with Crippen molar-refractivity contribution in [3.63, 3.8) is 0 Å². The molecule has 0 aliphatic carbocycles. The highest BCUT2D eigenvalue weighted by molar-refractivity contribution is 5.67. The lowest BCUT2D eigenvalue weighted by atomic mass is 10.0. The van der Waals surface area contributed by atoms with Gasteiger partial charge in [0.2, 0.25) is 0 Å². The molecule has 0 amide bonds. The molecule has 21 heavy (non-hydrogen) atoms. The Balaban J connectivity index is 1.79. The van der Waals surface area contributed by atoms with Crippen molar-refractivity contribution in [2.75, 3.05) is 25.1 Å². The maximum absolute atomic E-state index is 12.7. The topological polar surface area (TPSA) is 51.5 Å². The van der Waals surface area contributed by atoms with Crippen LogP contribution in [0.1, 0.15) is 18.5 Å². The summed E-state index contributed by atoms with van der Waals surface area (Å²) in [5, 5.41) is 6.63.